The minimum atomic E-state index is -5.35. The summed E-state index contributed by atoms with van der Waals surface area (Å²) in [6.45, 7) is 0. The standard InChI is InChI=1S/C8H19NO6P2.2Na.H2O/c10-16(11,12)8(17(13,14)15)9-7-5-3-1-2-4-6-7;;;/h7-9H,1-6H2,(H2,10,11,12)(H2,13,14,15);;;1H2/q;2*+1;/p-2. The summed E-state index contributed by atoms with van der Waals surface area (Å²) in [5.74, 6) is 0. The average Bonchev–Trinajstić information content (AvgIpc) is 2.38. The van der Waals surface area contributed by atoms with E-state index < -0.39 is 20.7 Å². The molecule has 1 saturated carbocycles. The third-order valence-corrected chi connectivity index (χ3v) is 6.14. The third-order valence-electron chi connectivity index (χ3n) is 2.86. The minimum Gasteiger partial charge on any atom is -0.809 e. The van der Waals surface area contributed by atoms with Gasteiger partial charge in [-0.1, -0.05) is 25.7 Å². The summed E-state index contributed by atoms with van der Waals surface area (Å²) >= 11 is 0. The van der Waals surface area contributed by atoms with Crippen molar-refractivity contribution in [2.75, 3.05) is 0 Å². The van der Waals surface area contributed by atoms with Crippen molar-refractivity contribution in [2.45, 2.75) is 50.1 Å². The van der Waals surface area contributed by atoms with Crippen LogP contribution in [-0.4, -0.2) is 26.8 Å². The molecule has 0 saturated heterocycles. The van der Waals surface area contributed by atoms with Crippen LogP contribution in [0.15, 0.2) is 0 Å². The molecule has 0 amide bonds. The van der Waals surface area contributed by atoms with E-state index in [-0.39, 0.29) is 70.6 Å². The summed E-state index contributed by atoms with van der Waals surface area (Å²) in [6.07, 6.45) is 5.05. The SMILES string of the molecule is O.O=P([O-])([O-])C(NC1CCCCCC1)P(=O)(O)O.[Na+].[Na+]. The molecular formula is C8H19NNa2O7P2. The largest absolute Gasteiger partial charge is 1.00 e. The maximum absolute atomic E-state index is 11.0. The molecule has 8 nitrogen and oxygen atoms in total. The average molecular weight is 349 g/mol. The van der Waals surface area contributed by atoms with E-state index in [4.69, 9.17) is 9.79 Å². The van der Waals surface area contributed by atoms with Gasteiger partial charge in [0.15, 0.2) is 0 Å². The summed E-state index contributed by atoms with van der Waals surface area (Å²) in [6, 6.07) is -0.314. The fourth-order valence-corrected chi connectivity index (χ4v) is 4.30. The van der Waals surface area contributed by atoms with Gasteiger partial charge in [-0.25, -0.2) is 0 Å². The summed E-state index contributed by atoms with van der Waals surface area (Å²) in [7, 11) is -10.3. The molecule has 1 fully saturated rings. The fraction of sp³-hybridized carbons (Fsp3) is 1.00. The Hall–Kier alpha value is 2.22. The van der Waals surface area contributed by atoms with Crippen LogP contribution >= 0.6 is 15.2 Å². The molecule has 1 atom stereocenters. The zero-order valence-corrected chi connectivity index (χ0v) is 17.6. The van der Waals surface area contributed by atoms with Crippen LogP contribution in [-0.2, 0) is 9.13 Å². The van der Waals surface area contributed by atoms with E-state index in [2.05, 4.69) is 5.32 Å². The van der Waals surface area contributed by atoms with Crippen LogP contribution in [0, 0.1) is 0 Å². The number of nitrogens with one attached hydrogen (secondary N) is 1. The van der Waals surface area contributed by atoms with Gasteiger partial charge in [0.1, 0.15) is 5.52 Å². The number of hydrogen-bond acceptors (Lipinski definition) is 5. The Labute approximate surface area is 162 Å². The Bertz CT molecular complexity index is 318. The third kappa shape index (κ3) is 10.1. The van der Waals surface area contributed by atoms with Gasteiger partial charge in [-0.3, -0.25) is 9.88 Å². The van der Waals surface area contributed by atoms with Crippen LogP contribution in [0.25, 0.3) is 0 Å². The molecule has 0 radical (unpaired) electrons. The molecular weight excluding hydrogens is 330 g/mol. The molecule has 110 valence electrons. The molecule has 1 aliphatic rings. The van der Waals surface area contributed by atoms with E-state index in [0.717, 1.165) is 25.7 Å². The molecule has 0 aromatic carbocycles. The molecule has 0 bridgehead atoms. The zero-order valence-electron chi connectivity index (χ0n) is 11.8. The number of rotatable bonds is 4. The summed E-state index contributed by atoms with van der Waals surface area (Å²) in [5, 5.41) is 2.32. The van der Waals surface area contributed by atoms with E-state index >= 15 is 0 Å². The number of hydrogen-bond donors (Lipinski definition) is 3. The van der Waals surface area contributed by atoms with Crippen LogP contribution in [0.5, 0.6) is 0 Å². The second-order valence-electron chi connectivity index (χ2n) is 4.36. The van der Waals surface area contributed by atoms with E-state index in [1.165, 1.54) is 0 Å². The van der Waals surface area contributed by atoms with Crippen molar-refractivity contribution in [2.24, 2.45) is 0 Å². The summed E-state index contributed by atoms with van der Waals surface area (Å²) < 4.78 is 21.9. The van der Waals surface area contributed by atoms with Crippen molar-refractivity contribution >= 4 is 15.2 Å². The van der Waals surface area contributed by atoms with Gasteiger partial charge in [0.2, 0.25) is 0 Å². The van der Waals surface area contributed by atoms with Crippen molar-refractivity contribution in [1.29, 1.82) is 0 Å². The zero-order chi connectivity index (χ0) is 13.1. The maximum atomic E-state index is 11.0. The van der Waals surface area contributed by atoms with E-state index in [1.807, 2.05) is 0 Å². The van der Waals surface area contributed by atoms with Gasteiger partial charge in [0.05, 0.1) is 0 Å². The van der Waals surface area contributed by atoms with Gasteiger partial charge in [-0.05, 0) is 20.4 Å². The predicted octanol–water partition coefficient (Wildman–Crippen LogP) is -7.14. The van der Waals surface area contributed by atoms with Crippen LogP contribution in [0.2, 0.25) is 0 Å². The second kappa shape index (κ2) is 11.7. The quantitative estimate of drug-likeness (QED) is 0.258. The second-order valence-corrected chi connectivity index (χ2v) is 8.06. The predicted molar refractivity (Wildman–Crippen MR) is 61.7 cm³/mol. The molecule has 1 unspecified atom stereocenters. The Morgan fingerprint density at radius 3 is 1.70 bits per heavy atom. The Kier molecular flexibility index (Phi) is 15.9. The molecule has 12 heteroatoms. The summed E-state index contributed by atoms with van der Waals surface area (Å²) in [4.78, 5) is 39.5. The first-order chi connectivity index (χ1) is 7.71. The van der Waals surface area contributed by atoms with E-state index in [0.29, 0.717) is 12.8 Å². The van der Waals surface area contributed by atoms with Crippen LogP contribution < -0.4 is 74.2 Å². The summed E-state index contributed by atoms with van der Waals surface area (Å²) in [5.41, 5.74) is -2.29. The molecule has 5 N–H and O–H groups in total. The Morgan fingerprint density at radius 2 is 1.40 bits per heavy atom. The first-order valence-corrected chi connectivity index (χ1v) is 8.83. The van der Waals surface area contributed by atoms with Gasteiger partial charge < -0.3 is 29.6 Å². The Morgan fingerprint density at radius 1 is 1.00 bits per heavy atom. The van der Waals surface area contributed by atoms with E-state index in [9.17, 15) is 18.9 Å². The molecule has 0 heterocycles. The Balaban J connectivity index is -0.000000963. The van der Waals surface area contributed by atoms with Gasteiger partial charge >= 0.3 is 66.7 Å². The van der Waals surface area contributed by atoms with Gasteiger partial charge in [-0.2, -0.15) is 0 Å². The van der Waals surface area contributed by atoms with Crippen molar-refractivity contribution in [3.05, 3.63) is 0 Å². The minimum absolute atomic E-state index is 0. The first kappa shape index (κ1) is 27.1. The van der Waals surface area contributed by atoms with Crippen LogP contribution in [0.1, 0.15) is 38.5 Å². The topological polar surface area (TPSA) is 164 Å². The van der Waals surface area contributed by atoms with Gasteiger partial charge in [0.25, 0.3) is 0 Å². The molecule has 1 rings (SSSR count). The van der Waals surface area contributed by atoms with Crippen molar-refractivity contribution in [3.8, 4) is 0 Å². The molecule has 1 aliphatic carbocycles. The monoisotopic (exact) mass is 349 g/mol. The van der Waals surface area contributed by atoms with Gasteiger partial charge in [-0.15, -0.1) is 0 Å². The van der Waals surface area contributed by atoms with E-state index in [1.54, 1.807) is 0 Å². The van der Waals surface area contributed by atoms with Crippen molar-refractivity contribution < 1.29 is 93.3 Å². The molecule has 0 spiro atoms. The molecule has 20 heavy (non-hydrogen) atoms. The molecule has 0 aromatic heterocycles. The van der Waals surface area contributed by atoms with Crippen LogP contribution in [0.3, 0.4) is 0 Å². The molecule has 0 aromatic rings. The first-order valence-electron chi connectivity index (χ1n) is 5.54. The van der Waals surface area contributed by atoms with Gasteiger partial charge in [0, 0.05) is 6.04 Å². The van der Waals surface area contributed by atoms with Crippen molar-refractivity contribution in [1.82, 2.24) is 5.32 Å². The smallest absolute Gasteiger partial charge is 0.809 e. The fourth-order valence-electron chi connectivity index (χ4n) is 2.03. The molecule has 0 aliphatic heterocycles. The van der Waals surface area contributed by atoms with Crippen LogP contribution in [0.4, 0.5) is 0 Å². The van der Waals surface area contributed by atoms with Crippen molar-refractivity contribution in [3.63, 3.8) is 0 Å². The normalized spacial score (nSPS) is 18.8. The maximum Gasteiger partial charge on any atom is 1.00 e.